The number of hydrogen-bond donors (Lipinski definition) is 1. The predicted molar refractivity (Wildman–Crippen MR) is 137 cm³/mol. The zero-order valence-corrected chi connectivity index (χ0v) is 21.1. The molecule has 35 heavy (non-hydrogen) atoms. The third-order valence-electron chi connectivity index (χ3n) is 5.79. The fourth-order valence-corrected chi connectivity index (χ4v) is 4.76. The molecule has 3 aromatic rings. The Labute approximate surface area is 208 Å². The molecule has 184 valence electrons. The minimum atomic E-state index is -0.257. The van der Waals surface area contributed by atoms with Crippen molar-refractivity contribution in [2.75, 3.05) is 35.9 Å². The summed E-state index contributed by atoms with van der Waals surface area (Å²) in [4.78, 5) is 27.1. The molecule has 0 fully saturated rings. The van der Waals surface area contributed by atoms with Crippen LogP contribution in [0.1, 0.15) is 38.1 Å². The van der Waals surface area contributed by atoms with Crippen LogP contribution in [0.3, 0.4) is 0 Å². The van der Waals surface area contributed by atoms with Gasteiger partial charge in [0.1, 0.15) is 0 Å². The molecular weight excluding hydrogens is 466 g/mol. The summed E-state index contributed by atoms with van der Waals surface area (Å²) < 4.78 is 12.7. The lowest BCUT2D eigenvalue weighted by molar-refractivity contribution is -0.113. The van der Waals surface area contributed by atoms with Crippen molar-refractivity contribution in [3.05, 3.63) is 42.0 Å². The van der Waals surface area contributed by atoms with Gasteiger partial charge in [0, 0.05) is 42.5 Å². The number of nitrogens with one attached hydrogen (secondary N) is 1. The van der Waals surface area contributed by atoms with E-state index in [4.69, 9.17) is 9.47 Å². The molecule has 1 amide bonds. The van der Waals surface area contributed by atoms with Gasteiger partial charge in [0.15, 0.2) is 28.3 Å². The highest BCUT2D eigenvalue weighted by Gasteiger charge is 2.21. The minimum Gasteiger partial charge on any atom is -0.454 e. The molecule has 1 aromatic heterocycles. The standard InChI is InChI=1S/C25H29N5O4S/c1-5-29(6-2)18-10-8-17(9-11-18)24-27-28-25(30(24)7-3)35-14-23(32)26-20-13-22-21(33-15-34-22)12-19(20)16(4)31/h8-13H,5-7,14-15H2,1-4H3,(H,26,32). The lowest BCUT2D eigenvalue weighted by Gasteiger charge is -2.21. The second kappa shape index (κ2) is 10.8. The van der Waals surface area contributed by atoms with Gasteiger partial charge in [0.05, 0.1) is 11.4 Å². The van der Waals surface area contributed by atoms with E-state index in [9.17, 15) is 9.59 Å². The number of carbonyl (C=O) groups excluding carboxylic acids is 2. The lowest BCUT2D eigenvalue weighted by Crippen LogP contribution is -2.21. The van der Waals surface area contributed by atoms with Crippen LogP contribution < -0.4 is 19.7 Å². The third kappa shape index (κ3) is 5.27. The van der Waals surface area contributed by atoms with Crippen LogP contribution in [0.2, 0.25) is 0 Å². The number of anilines is 2. The van der Waals surface area contributed by atoms with Crippen LogP contribution in [0.4, 0.5) is 11.4 Å². The summed E-state index contributed by atoms with van der Waals surface area (Å²) in [7, 11) is 0. The summed E-state index contributed by atoms with van der Waals surface area (Å²) in [6, 6.07) is 11.5. The van der Waals surface area contributed by atoms with E-state index in [2.05, 4.69) is 46.4 Å². The molecule has 9 nitrogen and oxygen atoms in total. The third-order valence-corrected chi connectivity index (χ3v) is 6.75. The van der Waals surface area contributed by atoms with Gasteiger partial charge in [-0.1, -0.05) is 11.8 Å². The van der Waals surface area contributed by atoms with E-state index < -0.39 is 0 Å². The first-order valence-corrected chi connectivity index (χ1v) is 12.6. The summed E-state index contributed by atoms with van der Waals surface area (Å²) in [6.45, 7) is 10.4. The molecule has 0 spiro atoms. The number of rotatable bonds is 10. The van der Waals surface area contributed by atoms with E-state index in [1.807, 2.05) is 23.6 Å². The predicted octanol–water partition coefficient (Wildman–Crippen LogP) is 4.47. The molecule has 1 aliphatic rings. The molecule has 0 aliphatic carbocycles. The van der Waals surface area contributed by atoms with Gasteiger partial charge < -0.3 is 24.3 Å². The van der Waals surface area contributed by atoms with Gasteiger partial charge in [0.25, 0.3) is 0 Å². The topological polar surface area (TPSA) is 98.6 Å². The Hall–Kier alpha value is -3.53. The molecule has 0 saturated heterocycles. The average molecular weight is 496 g/mol. The highest BCUT2D eigenvalue weighted by Crippen LogP contribution is 2.37. The number of hydrogen-bond acceptors (Lipinski definition) is 8. The summed E-state index contributed by atoms with van der Waals surface area (Å²) in [5, 5.41) is 12.2. The van der Waals surface area contributed by atoms with Crippen molar-refractivity contribution < 1.29 is 19.1 Å². The Morgan fingerprint density at radius 1 is 1.06 bits per heavy atom. The van der Waals surface area contributed by atoms with E-state index >= 15 is 0 Å². The van der Waals surface area contributed by atoms with Gasteiger partial charge in [-0.2, -0.15) is 0 Å². The molecule has 1 N–H and O–H groups in total. The molecule has 10 heteroatoms. The normalized spacial score (nSPS) is 12.0. The zero-order chi connectivity index (χ0) is 24.9. The Morgan fingerprint density at radius 3 is 2.37 bits per heavy atom. The van der Waals surface area contributed by atoms with Crippen LogP contribution in [0.25, 0.3) is 11.4 Å². The van der Waals surface area contributed by atoms with Gasteiger partial charge in [-0.25, -0.2) is 0 Å². The van der Waals surface area contributed by atoms with Gasteiger partial charge in [-0.15, -0.1) is 10.2 Å². The smallest absolute Gasteiger partial charge is 0.234 e. The second-order valence-corrected chi connectivity index (χ2v) is 8.86. The first kappa shape index (κ1) is 24.6. The average Bonchev–Trinajstić information content (AvgIpc) is 3.49. The number of amides is 1. The molecule has 0 unspecified atom stereocenters. The van der Waals surface area contributed by atoms with Crippen LogP contribution >= 0.6 is 11.8 Å². The van der Waals surface area contributed by atoms with Crippen LogP contribution in [-0.2, 0) is 11.3 Å². The summed E-state index contributed by atoms with van der Waals surface area (Å²) >= 11 is 1.30. The number of ketones is 1. The summed E-state index contributed by atoms with van der Waals surface area (Å²) in [5.41, 5.74) is 2.91. The van der Waals surface area contributed by atoms with Crippen molar-refractivity contribution in [1.82, 2.24) is 14.8 Å². The molecule has 0 radical (unpaired) electrons. The molecule has 1 aliphatic heterocycles. The number of aromatic nitrogens is 3. The highest BCUT2D eigenvalue weighted by atomic mass is 32.2. The van der Waals surface area contributed by atoms with Crippen molar-refractivity contribution in [3.63, 3.8) is 0 Å². The van der Waals surface area contributed by atoms with Gasteiger partial charge in [-0.3, -0.25) is 9.59 Å². The number of ether oxygens (including phenoxy) is 2. The summed E-state index contributed by atoms with van der Waals surface area (Å²) in [5.74, 6) is 1.44. The molecule has 0 bridgehead atoms. The van der Waals surface area contributed by atoms with Crippen molar-refractivity contribution in [2.24, 2.45) is 0 Å². The van der Waals surface area contributed by atoms with E-state index in [0.717, 1.165) is 24.5 Å². The monoisotopic (exact) mass is 495 g/mol. The number of benzene rings is 2. The van der Waals surface area contributed by atoms with E-state index in [1.54, 1.807) is 12.1 Å². The molecule has 0 saturated carbocycles. The maximum absolute atomic E-state index is 12.7. The summed E-state index contributed by atoms with van der Waals surface area (Å²) in [6.07, 6.45) is 0. The Morgan fingerprint density at radius 2 is 1.74 bits per heavy atom. The highest BCUT2D eigenvalue weighted by molar-refractivity contribution is 7.99. The second-order valence-electron chi connectivity index (χ2n) is 7.91. The molecule has 2 heterocycles. The maximum Gasteiger partial charge on any atom is 0.234 e. The Balaban J connectivity index is 1.46. The fraction of sp³-hybridized carbons (Fsp3) is 0.360. The largest absolute Gasteiger partial charge is 0.454 e. The zero-order valence-electron chi connectivity index (χ0n) is 20.3. The fourth-order valence-electron chi connectivity index (χ4n) is 3.96. The number of Topliss-reactive ketones (excluding diaryl/α,β-unsaturated/α-hetero) is 1. The van der Waals surface area contributed by atoms with Crippen LogP contribution in [-0.4, -0.2) is 52.1 Å². The van der Waals surface area contributed by atoms with Crippen LogP contribution in [0.15, 0.2) is 41.6 Å². The van der Waals surface area contributed by atoms with Gasteiger partial charge in [-0.05, 0) is 58.0 Å². The van der Waals surface area contributed by atoms with E-state index in [-0.39, 0.29) is 24.2 Å². The van der Waals surface area contributed by atoms with Gasteiger partial charge >= 0.3 is 0 Å². The molecule has 0 atom stereocenters. The lowest BCUT2D eigenvalue weighted by atomic mass is 10.1. The quantitative estimate of drug-likeness (QED) is 0.325. The Bertz CT molecular complexity index is 1220. The van der Waals surface area contributed by atoms with E-state index in [0.29, 0.717) is 34.5 Å². The van der Waals surface area contributed by atoms with Crippen LogP contribution in [0.5, 0.6) is 11.5 Å². The Kier molecular flexibility index (Phi) is 7.60. The van der Waals surface area contributed by atoms with E-state index in [1.165, 1.54) is 24.4 Å². The van der Waals surface area contributed by atoms with Crippen molar-refractivity contribution in [2.45, 2.75) is 39.4 Å². The number of nitrogens with zero attached hydrogens (tertiary/aromatic N) is 4. The van der Waals surface area contributed by atoms with Crippen molar-refractivity contribution in [3.8, 4) is 22.9 Å². The number of thioether (sulfide) groups is 1. The molecular formula is C25H29N5O4S. The first-order valence-electron chi connectivity index (χ1n) is 11.6. The van der Waals surface area contributed by atoms with Crippen molar-refractivity contribution in [1.29, 1.82) is 0 Å². The molecule has 4 rings (SSSR count). The minimum absolute atomic E-state index is 0.0904. The number of fused-ring (bicyclic) bond motifs is 1. The first-order chi connectivity index (χ1) is 16.9. The van der Waals surface area contributed by atoms with Gasteiger partial charge in [0.2, 0.25) is 12.7 Å². The maximum atomic E-state index is 12.7. The SMILES string of the molecule is CCN(CC)c1ccc(-c2nnc(SCC(=O)Nc3cc4c(cc3C(C)=O)OCO4)n2CC)cc1. The number of carbonyl (C=O) groups is 2. The van der Waals surface area contributed by atoms with Crippen LogP contribution in [0, 0.1) is 0 Å². The van der Waals surface area contributed by atoms with Crippen molar-refractivity contribution >= 4 is 34.8 Å². The molecule has 2 aromatic carbocycles.